The summed E-state index contributed by atoms with van der Waals surface area (Å²) in [6.45, 7) is 0. The van der Waals surface area contributed by atoms with Gasteiger partial charge in [-0.1, -0.05) is 48.0 Å². The van der Waals surface area contributed by atoms with Gasteiger partial charge in [0.05, 0.1) is 46.5 Å². The van der Waals surface area contributed by atoms with Crippen molar-refractivity contribution >= 4 is 91.7 Å². The van der Waals surface area contributed by atoms with E-state index in [1.165, 1.54) is 48.3 Å². The maximum absolute atomic E-state index is 13.2. The summed E-state index contributed by atoms with van der Waals surface area (Å²) < 4.78 is 9.87. The summed E-state index contributed by atoms with van der Waals surface area (Å²) in [6.07, 6.45) is 0. The Morgan fingerprint density at radius 2 is 1.00 bits per heavy atom. The van der Waals surface area contributed by atoms with Crippen LogP contribution in [0.4, 0.5) is 11.4 Å². The molecule has 172 valence electrons. The molecule has 0 aliphatic carbocycles. The Balaban J connectivity index is 1.62. The smallest absolute Gasteiger partial charge is 0.337 e. The van der Waals surface area contributed by atoms with Crippen molar-refractivity contribution in [3.05, 3.63) is 69.5 Å². The highest BCUT2D eigenvalue weighted by molar-refractivity contribution is 8.30. The van der Waals surface area contributed by atoms with E-state index in [0.29, 0.717) is 22.5 Å². The van der Waals surface area contributed by atoms with Gasteiger partial charge in [-0.25, -0.2) is 9.59 Å². The van der Waals surface area contributed by atoms with E-state index in [-0.39, 0.29) is 18.5 Å². The Bertz CT molecular complexity index is 1190. The number of ether oxygens (including phenoxy) is 2. The normalized spacial score (nSPS) is 18.1. The van der Waals surface area contributed by atoms with E-state index < -0.39 is 23.8 Å². The van der Waals surface area contributed by atoms with Gasteiger partial charge in [0.25, 0.3) is 11.8 Å². The van der Waals surface area contributed by atoms with E-state index in [1.54, 1.807) is 24.3 Å². The number of methoxy groups -OCH3 is 2. The molecule has 2 fully saturated rings. The minimum absolute atomic E-state index is 0.174. The molecule has 0 saturated carbocycles. The number of nitrogens with zero attached hydrogens (tertiary/aromatic N) is 2. The summed E-state index contributed by atoms with van der Waals surface area (Å²) in [5.41, 5.74) is 1.57. The van der Waals surface area contributed by atoms with Crippen LogP contribution in [-0.4, -0.2) is 46.6 Å². The second-order valence-electron chi connectivity index (χ2n) is 6.75. The first-order valence-electron chi connectivity index (χ1n) is 9.50. The third-order valence-corrected chi connectivity index (χ3v) is 7.71. The summed E-state index contributed by atoms with van der Waals surface area (Å²) in [5, 5.41) is 0. The second kappa shape index (κ2) is 9.66. The first kappa shape index (κ1) is 24.1. The van der Waals surface area contributed by atoms with Crippen molar-refractivity contribution in [2.75, 3.05) is 24.0 Å². The monoisotopic (exact) mass is 530 g/mol. The Morgan fingerprint density at radius 3 is 1.29 bits per heavy atom. The van der Waals surface area contributed by atoms with E-state index in [1.807, 2.05) is 0 Å². The average molecular weight is 531 g/mol. The van der Waals surface area contributed by atoms with Gasteiger partial charge >= 0.3 is 11.9 Å². The molecule has 0 radical (unpaired) electrons. The summed E-state index contributed by atoms with van der Waals surface area (Å²) >= 11 is 12.8. The topological polar surface area (TPSA) is 93.2 Å². The molecule has 4 rings (SSSR count). The average Bonchev–Trinajstić information content (AvgIpc) is 3.31. The standard InChI is InChI=1S/C22H14N2O6S4/c1-29-19(27)11-3-7-13(8-4-11)23-17(25)15(33-21(23)31)16-18(26)24(22(32)34-16)14-9-5-12(6-10-14)20(28)30-2/h3-10H,1-2H3/b16-15+. The lowest BCUT2D eigenvalue weighted by molar-refractivity contribution is -0.115. The number of carbonyl (C=O) groups is 4. The molecule has 2 saturated heterocycles. The number of thioether (sulfide) groups is 2. The van der Waals surface area contributed by atoms with Crippen LogP contribution in [0.1, 0.15) is 20.7 Å². The summed E-state index contributed by atoms with van der Waals surface area (Å²) in [5.74, 6) is -1.91. The van der Waals surface area contributed by atoms with Gasteiger partial charge in [-0.05, 0) is 48.5 Å². The largest absolute Gasteiger partial charge is 0.465 e. The van der Waals surface area contributed by atoms with Crippen LogP contribution in [-0.2, 0) is 19.1 Å². The minimum Gasteiger partial charge on any atom is -0.465 e. The molecule has 8 nitrogen and oxygen atoms in total. The third-order valence-electron chi connectivity index (χ3n) is 4.84. The fourth-order valence-electron chi connectivity index (χ4n) is 3.18. The number of hydrogen-bond acceptors (Lipinski definition) is 10. The van der Waals surface area contributed by atoms with Crippen LogP contribution in [0.2, 0.25) is 0 Å². The number of anilines is 2. The predicted octanol–water partition coefficient (Wildman–Crippen LogP) is 3.90. The summed E-state index contributed by atoms with van der Waals surface area (Å²) in [4.78, 5) is 52.7. The van der Waals surface area contributed by atoms with Gasteiger partial charge in [-0.3, -0.25) is 19.4 Å². The van der Waals surface area contributed by atoms with E-state index in [4.69, 9.17) is 24.4 Å². The molecule has 0 aromatic heterocycles. The van der Waals surface area contributed by atoms with E-state index >= 15 is 0 Å². The zero-order valence-electron chi connectivity index (χ0n) is 17.6. The van der Waals surface area contributed by atoms with Gasteiger partial charge in [0.15, 0.2) is 8.64 Å². The van der Waals surface area contributed by atoms with Crippen molar-refractivity contribution in [2.24, 2.45) is 0 Å². The van der Waals surface area contributed by atoms with E-state index in [9.17, 15) is 19.2 Å². The van der Waals surface area contributed by atoms with Crippen molar-refractivity contribution in [3.8, 4) is 0 Å². The Labute approximate surface area is 213 Å². The highest BCUT2D eigenvalue weighted by atomic mass is 32.2. The summed E-state index contributed by atoms with van der Waals surface area (Å²) in [6, 6.07) is 12.4. The molecule has 2 amide bonds. The van der Waals surface area contributed by atoms with Gasteiger partial charge in [0.2, 0.25) is 0 Å². The van der Waals surface area contributed by atoms with Crippen LogP contribution >= 0.6 is 48.0 Å². The lowest BCUT2D eigenvalue weighted by Crippen LogP contribution is -2.29. The number of hydrogen-bond donors (Lipinski definition) is 0. The van der Waals surface area contributed by atoms with Crippen LogP contribution in [0.5, 0.6) is 0 Å². The molecule has 2 aromatic carbocycles. The number of thiocarbonyl (C=S) groups is 2. The van der Waals surface area contributed by atoms with Gasteiger partial charge < -0.3 is 9.47 Å². The van der Waals surface area contributed by atoms with Crippen LogP contribution in [0.25, 0.3) is 0 Å². The number of esters is 2. The Morgan fingerprint density at radius 1 is 0.676 bits per heavy atom. The fraction of sp³-hybridized carbons (Fsp3) is 0.0909. The molecule has 2 aliphatic rings. The molecule has 2 aliphatic heterocycles. The van der Waals surface area contributed by atoms with Crippen molar-refractivity contribution in [1.29, 1.82) is 0 Å². The highest BCUT2D eigenvalue weighted by Crippen LogP contribution is 2.44. The SMILES string of the molecule is COC(=O)c1ccc(N2C(=O)/C(=C3\SC(=S)N(c4ccc(C(=O)OC)cc4)C3=O)SC2=S)cc1. The number of carbonyl (C=O) groups excluding carboxylic acids is 4. The van der Waals surface area contributed by atoms with Crippen LogP contribution in [0.15, 0.2) is 58.3 Å². The molecule has 0 N–H and O–H groups in total. The highest BCUT2D eigenvalue weighted by Gasteiger charge is 2.43. The molecular weight excluding hydrogens is 517 g/mol. The minimum atomic E-state index is -0.500. The van der Waals surface area contributed by atoms with Gasteiger partial charge in [0, 0.05) is 0 Å². The zero-order chi connectivity index (χ0) is 24.6. The van der Waals surface area contributed by atoms with Crippen molar-refractivity contribution in [3.63, 3.8) is 0 Å². The van der Waals surface area contributed by atoms with Gasteiger partial charge in [-0.2, -0.15) is 0 Å². The quantitative estimate of drug-likeness (QED) is 0.329. The maximum Gasteiger partial charge on any atom is 0.337 e. The first-order valence-corrected chi connectivity index (χ1v) is 11.9. The Hall–Kier alpha value is -3.06. The predicted molar refractivity (Wildman–Crippen MR) is 138 cm³/mol. The fourth-order valence-corrected chi connectivity index (χ4v) is 5.94. The van der Waals surface area contributed by atoms with Crippen molar-refractivity contribution < 1.29 is 28.7 Å². The Kier molecular flexibility index (Phi) is 6.84. The molecular formula is C22H14N2O6S4. The molecule has 0 atom stereocenters. The molecule has 12 heteroatoms. The molecule has 0 unspecified atom stereocenters. The summed E-state index contributed by atoms with van der Waals surface area (Å²) in [7, 11) is 2.56. The van der Waals surface area contributed by atoms with Crippen molar-refractivity contribution in [2.45, 2.75) is 0 Å². The maximum atomic E-state index is 13.2. The first-order chi connectivity index (χ1) is 16.3. The number of benzene rings is 2. The molecule has 2 aromatic rings. The van der Waals surface area contributed by atoms with E-state index in [2.05, 4.69) is 9.47 Å². The molecule has 2 heterocycles. The second-order valence-corrected chi connectivity index (χ2v) is 10.0. The molecule has 34 heavy (non-hydrogen) atoms. The van der Waals surface area contributed by atoms with Gasteiger partial charge in [-0.15, -0.1) is 0 Å². The molecule has 0 bridgehead atoms. The molecule has 0 spiro atoms. The lowest BCUT2D eigenvalue weighted by Gasteiger charge is -2.15. The lowest BCUT2D eigenvalue weighted by atomic mass is 10.2. The van der Waals surface area contributed by atoms with E-state index in [0.717, 1.165) is 23.5 Å². The number of rotatable bonds is 4. The zero-order valence-corrected chi connectivity index (χ0v) is 20.9. The van der Waals surface area contributed by atoms with Crippen LogP contribution in [0.3, 0.4) is 0 Å². The number of amides is 2. The van der Waals surface area contributed by atoms with Crippen LogP contribution < -0.4 is 9.80 Å². The van der Waals surface area contributed by atoms with Crippen LogP contribution in [0, 0.1) is 0 Å². The third kappa shape index (κ3) is 4.25. The van der Waals surface area contributed by atoms with Gasteiger partial charge in [0.1, 0.15) is 0 Å². The van der Waals surface area contributed by atoms with Crippen molar-refractivity contribution in [1.82, 2.24) is 0 Å².